The minimum Gasteiger partial charge on any atom is -0.495 e. The highest BCUT2D eigenvalue weighted by molar-refractivity contribution is 7.21. The van der Waals surface area contributed by atoms with Gasteiger partial charge in [-0.2, -0.15) is 0 Å². The predicted molar refractivity (Wildman–Crippen MR) is 85.2 cm³/mol. The van der Waals surface area contributed by atoms with E-state index in [1.807, 2.05) is 6.92 Å². The summed E-state index contributed by atoms with van der Waals surface area (Å²) in [5.41, 5.74) is 1.66. The smallest absolute Gasteiger partial charge is 0.345 e. The summed E-state index contributed by atoms with van der Waals surface area (Å²) >= 11 is 1.17. The monoisotopic (exact) mass is 305 g/mol. The van der Waals surface area contributed by atoms with Crippen molar-refractivity contribution in [3.63, 3.8) is 0 Å². The van der Waals surface area contributed by atoms with Crippen molar-refractivity contribution in [3.8, 4) is 11.5 Å². The van der Waals surface area contributed by atoms with Gasteiger partial charge in [0.2, 0.25) is 0 Å². The number of hydrogen-bond donors (Lipinski definition) is 1. The molecule has 1 aromatic heterocycles. The molecule has 21 heavy (non-hydrogen) atoms. The lowest BCUT2D eigenvalue weighted by Gasteiger charge is -2.14. The summed E-state index contributed by atoms with van der Waals surface area (Å²) in [6.07, 6.45) is 3.32. The Balaban J connectivity index is 2.91. The summed E-state index contributed by atoms with van der Waals surface area (Å²) in [4.78, 5) is 15.1. The normalized spacial score (nSPS) is 11.0. The molecule has 0 atom stereocenters. The van der Waals surface area contributed by atoms with Crippen LogP contribution >= 0.6 is 11.3 Å². The van der Waals surface area contributed by atoms with Gasteiger partial charge in [-0.25, -0.2) is 4.79 Å². The Morgan fingerprint density at radius 3 is 2.57 bits per heavy atom. The quantitative estimate of drug-likeness (QED) is 0.857. The van der Waals surface area contributed by atoms with Crippen LogP contribution in [-0.4, -0.2) is 32.0 Å². The van der Waals surface area contributed by atoms with E-state index in [9.17, 15) is 9.90 Å². The maximum atomic E-state index is 11.2. The molecule has 5 nitrogen and oxygen atoms in total. The summed E-state index contributed by atoms with van der Waals surface area (Å²) in [5, 5.41) is 9.90. The molecule has 2 rings (SSSR count). The molecule has 0 aliphatic carbocycles. The van der Waals surface area contributed by atoms with Crippen molar-refractivity contribution in [1.82, 2.24) is 0 Å². The van der Waals surface area contributed by atoms with E-state index >= 15 is 0 Å². The van der Waals surface area contributed by atoms with Crippen LogP contribution in [0.2, 0.25) is 0 Å². The number of benzene rings is 1. The van der Waals surface area contributed by atoms with Crippen LogP contribution in [0.3, 0.4) is 0 Å². The number of hydrogen-bond acceptors (Lipinski definition) is 5. The average molecular weight is 305 g/mol. The lowest BCUT2D eigenvalue weighted by Crippen LogP contribution is -1.95. The van der Waals surface area contributed by atoms with Crippen molar-refractivity contribution in [2.45, 2.75) is 6.92 Å². The van der Waals surface area contributed by atoms with E-state index < -0.39 is 5.97 Å². The minimum atomic E-state index is -0.970. The standard InChI is InChI=1S/C15H15NO4S/c1-8-9(5-6-16-2)13(20-4)10-7-11(15(17)18)21-14(10)12(8)19-3/h5-7H,2H2,1,3-4H3,(H,17,18)/b6-5-. The first-order chi connectivity index (χ1) is 10.0. The van der Waals surface area contributed by atoms with Gasteiger partial charge in [-0.05, 0) is 25.8 Å². The molecule has 0 amide bonds. The zero-order valence-corrected chi connectivity index (χ0v) is 12.8. The van der Waals surface area contributed by atoms with E-state index in [-0.39, 0.29) is 4.88 Å². The fourth-order valence-corrected chi connectivity index (χ4v) is 3.31. The van der Waals surface area contributed by atoms with Crippen LogP contribution in [0.25, 0.3) is 16.2 Å². The summed E-state index contributed by atoms with van der Waals surface area (Å²) in [6, 6.07) is 1.60. The van der Waals surface area contributed by atoms with Crippen molar-refractivity contribution < 1.29 is 19.4 Å². The maximum Gasteiger partial charge on any atom is 0.345 e. The molecule has 2 aromatic rings. The number of fused-ring (bicyclic) bond motifs is 1. The number of ether oxygens (including phenoxy) is 2. The van der Waals surface area contributed by atoms with E-state index in [1.54, 1.807) is 32.6 Å². The van der Waals surface area contributed by atoms with E-state index in [4.69, 9.17) is 9.47 Å². The second kappa shape index (κ2) is 5.97. The fourth-order valence-electron chi connectivity index (χ4n) is 2.24. The summed E-state index contributed by atoms with van der Waals surface area (Å²) in [5.74, 6) is 0.279. The molecule has 0 fully saturated rings. The Bertz CT molecular complexity index is 746. The van der Waals surface area contributed by atoms with Crippen LogP contribution in [-0.2, 0) is 0 Å². The Hall–Kier alpha value is -2.34. The van der Waals surface area contributed by atoms with Crippen molar-refractivity contribution in [2.24, 2.45) is 4.99 Å². The van der Waals surface area contributed by atoms with Gasteiger partial charge in [0.1, 0.15) is 16.4 Å². The Labute approximate surface area is 126 Å². The van der Waals surface area contributed by atoms with Crippen molar-refractivity contribution in [3.05, 3.63) is 28.3 Å². The van der Waals surface area contributed by atoms with Gasteiger partial charge in [0.15, 0.2) is 0 Å². The van der Waals surface area contributed by atoms with Gasteiger partial charge in [0.25, 0.3) is 0 Å². The highest BCUT2D eigenvalue weighted by Crippen LogP contribution is 2.45. The number of nitrogens with zero attached hydrogens (tertiary/aromatic N) is 1. The van der Waals surface area contributed by atoms with Crippen LogP contribution < -0.4 is 9.47 Å². The minimum absolute atomic E-state index is 0.240. The first-order valence-electron chi connectivity index (χ1n) is 6.08. The molecular formula is C15H15NO4S. The Morgan fingerprint density at radius 1 is 1.38 bits per heavy atom. The molecule has 0 aliphatic rings. The third-order valence-electron chi connectivity index (χ3n) is 3.14. The molecule has 0 saturated carbocycles. The van der Waals surface area contributed by atoms with E-state index in [1.165, 1.54) is 11.3 Å². The number of methoxy groups -OCH3 is 2. The van der Waals surface area contributed by atoms with Crippen LogP contribution in [0.15, 0.2) is 17.3 Å². The van der Waals surface area contributed by atoms with Crippen LogP contribution in [0.5, 0.6) is 11.5 Å². The number of aromatic carboxylic acids is 1. The van der Waals surface area contributed by atoms with E-state index in [2.05, 4.69) is 11.7 Å². The van der Waals surface area contributed by atoms with Gasteiger partial charge in [-0.15, -0.1) is 11.3 Å². The largest absolute Gasteiger partial charge is 0.495 e. The van der Waals surface area contributed by atoms with Crippen LogP contribution in [0.1, 0.15) is 20.8 Å². The van der Waals surface area contributed by atoms with Crippen molar-refractivity contribution in [2.75, 3.05) is 14.2 Å². The second-order valence-electron chi connectivity index (χ2n) is 4.26. The van der Waals surface area contributed by atoms with Gasteiger partial charge in [-0.3, -0.25) is 4.99 Å². The zero-order chi connectivity index (χ0) is 15.6. The van der Waals surface area contributed by atoms with Crippen molar-refractivity contribution in [1.29, 1.82) is 0 Å². The van der Waals surface area contributed by atoms with Gasteiger partial charge >= 0.3 is 5.97 Å². The maximum absolute atomic E-state index is 11.2. The van der Waals surface area contributed by atoms with Gasteiger partial charge in [0, 0.05) is 22.7 Å². The molecule has 0 bridgehead atoms. The van der Waals surface area contributed by atoms with E-state index in [0.29, 0.717) is 16.9 Å². The highest BCUT2D eigenvalue weighted by atomic mass is 32.1. The summed E-state index contributed by atoms with van der Waals surface area (Å²) in [7, 11) is 3.12. The number of rotatable bonds is 5. The SMILES string of the molecule is C=N/C=C\c1c(C)c(OC)c2sc(C(=O)O)cc2c1OC. The molecule has 1 heterocycles. The van der Waals surface area contributed by atoms with Crippen LogP contribution in [0, 0.1) is 6.92 Å². The molecule has 1 N–H and O–H groups in total. The molecular weight excluding hydrogens is 290 g/mol. The molecule has 110 valence electrons. The lowest BCUT2D eigenvalue weighted by atomic mass is 10.0. The Kier molecular flexibility index (Phi) is 4.28. The number of carbonyl (C=O) groups is 1. The fraction of sp³-hybridized carbons (Fsp3) is 0.200. The number of aliphatic imine (C=N–C) groups is 1. The van der Waals surface area contributed by atoms with Crippen molar-refractivity contribution >= 4 is 40.2 Å². The molecule has 0 aliphatic heterocycles. The third-order valence-corrected chi connectivity index (χ3v) is 4.26. The summed E-state index contributed by atoms with van der Waals surface area (Å²) < 4.78 is 11.7. The van der Waals surface area contributed by atoms with Crippen LogP contribution in [0.4, 0.5) is 0 Å². The molecule has 0 spiro atoms. The molecule has 0 radical (unpaired) electrons. The number of thiophene rings is 1. The predicted octanol–water partition coefficient (Wildman–Crippen LogP) is 3.60. The number of carboxylic acid groups (broad SMARTS) is 1. The Morgan fingerprint density at radius 2 is 2.05 bits per heavy atom. The topological polar surface area (TPSA) is 68.1 Å². The molecule has 0 saturated heterocycles. The first kappa shape index (κ1) is 15.1. The molecule has 6 heteroatoms. The van der Waals surface area contributed by atoms with E-state index in [0.717, 1.165) is 15.8 Å². The second-order valence-corrected chi connectivity index (χ2v) is 5.31. The lowest BCUT2D eigenvalue weighted by molar-refractivity contribution is 0.0702. The van der Waals surface area contributed by atoms with Gasteiger partial charge in [0.05, 0.1) is 18.9 Å². The molecule has 0 unspecified atom stereocenters. The van der Waals surface area contributed by atoms with Gasteiger partial charge < -0.3 is 14.6 Å². The summed E-state index contributed by atoms with van der Waals surface area (Å²) in [6.45, 7) is 5.30. The number of carboxylic acids is 1. The zero-order valence-electron chi connectivity index (χ0n) is 12.0. The average Bonchev–Trinajstić information content (AvgIpc) is 2.89. The highest BCUT2D eigenvalue weighted by Gasteiger charge is 2.21. The van der Waals surface area contributed by atoms with Gasteiger partial charge in [-0.1, -0.05) is 0 Å². The first-order valence-corrected chi connectivity index (χ1v) is 6.90. The molecule has 1 aromatic carbocycles. The third kappa shape index (κ3) is 2.50.